The van der Waals surface area contributed by atoms with E-state index in [2.05, 4.69) is 20.9 Å². The van der Waals surface area contributed by atoms with Crippen molar-refractivity contribution in [3.05, 3.63) is 78.3 Å². The third-order valence-corrected chi connectivity index (χ3v) is 4.97. The minimum Gasteiger partial charge on any atom is -0.490 e. The average Bonchev–Trinajstić information content (AvgIpc) is 3.25. The molecule has 2 heterocycles. The van der Waals surface area contributed by atoms with Crippen molar-refractivity contribution >= 4 is 41.5 Å². The molecule has 0 aliphatic carbocycles. The molecule has 1 aromatic heterocycles. The van der Waals surface area contributed by atoms with Gasteiger partial charge in [-0.15, -0.1) is 24.0 Å². The van der Waals surface area contributed by atoms with Gasteiger partial charge in [-0.1, -0.05) is 30.3 Å². The molecule has 8 nitrogen and oxygen atoms in total. The van der Waals surface area contributed by atoms with Crippen LogP contribution in [-0.4, -0.2) is 38.2 Å². The number of nitrogens with zero attached hydrogens (tertiary/aromatic N) is 1. The molecule has 0 saturated carbocycles. The van der Waals surface area contributed by atoms with Crippen LogP contribution in [0.2, 0.25) is 0 Å². The molecule has 34 heavy (non-hydrogen) atoms. The number of amides is 1. The number of halogens is 1. The van der Waals surface area contributed by atoms with Gasteiger partial charge in [0.2, 0.25) is 5.91 Å². The van der Waals surface area contributed by atoms with Crippen molar-refractivity contribution in [2.75, 3.05) is 31.6 Å². The summed E-state index contributed by atoms with van der Waals surface area (Å²) in [5.74, 6) is 2.62. The number of hydrogen-bond acceptors (Lipinski definition) is 5. The summed E-state index contributed by atoms with van der Waals surface area (Å²) in [6.45, 7) is 2.30. The Balaban J connectivity index is 0.00000324. The monoisotopic (exact) mass is 576 g/mol. The molecular weight excluding hydrogens is 547 g/mol. The highest BCUT2D eigenvalue weighted by Gasteiger charge is 2.12. The van der Waals surface area contributed by atoms with Crippen molar-refractivity contribution in [2.24, 2.45) is 4.99 Å². The van der Waals surface area contributed by atoms with Gasteiger partial charge in [-0.2, -0.15) is 0 Å². The second kappa shape index (κ2) is 13.5. The summed E-state index contributed by atoms with van der Waals surface area (Å²) in [4.78, 5) is 16.8. The molecule has 0 unspecified atom stereocenters. The number of anilines is 1. The van der Waals surface area contributed by atoms with Gasteiger partial charge in [0.1, 0.15) is 12.3 Å². The molecule has 9 heteroatoms. The normalized spacial score (nSPS) is 12.8. The van der Waals surface area contributed by atoms with E-state index in [0.29, 0.717) is 44.4 Å². The zero-order chi connectivity index (χ0) is 22.7. The number of carbonyl (C=O) groups is 1. The van der Waals surface area contributed by atoms with E-state index in [1.807, 2.05) is 60.7 Å². The highest BCUT2D eigenvalue weighted by atomic mass is 127. The number of ether oxygens (including phenoxy) is 2. The van der Waals surface area contributed by atoms with Crippen molar-refractivity contribution in [2.45, 2.75) is 19.4 Å². The molecule has 0 saturated heterocycles. The van der Waals surface area contributed by atoms with Gasteiger partial charge in [0, 0.05) is 37.7 Å². The number of fused-ring (bicyclic) bond motifs is 1. The molecule has 0 atom stereocenters. The van der Waals surface area contributed by atoms with Gasteiger partial charge in [-0.25, -0.2) is 4.99 Å². The topological polar surface area (TPSA) is 97.1 Å². The zero-order valence-corrected chi connectivity index (χ0v) is 21.1. The minimum atomic E-state index is -0.162. The van der Waals surface area contributed by atoms with Crippen molar-refractivity contribution in [3.8, 4) is 11.5 Å². The third kappa shape index (κ3) is 7.98. The van der Waals surface area contributed by atoms with E-state index >= 15 is 0 Å². The molecule has 3 aromatic rings. The van der Waals surface area contributed by atoms with Crippen LogP contribution in [0.5, 0.6) is 11.5 Å². The van der Waals surface area contributed by atoms with Gasteiger partial charge in [0.05, 0.1) is 19.5 Å². The van der Waals surface area contributed by atoms with E-state index < -0.39 is 0 Å². The van der Waals surface area contributed by atoms with Gasteiger partial charge in [0.15, 0.2) is 17.5 Å². The maximum absolute atomic E-state index is 12.3. The lowest BCUT2D eigenvalue weighted by atomic mass is 10.2. The molecule has 3 N–H and O–H groups in total. The van der Waals surface area contributed by atoms with Crippen LogP contribution in [0.4, 0.5) is 5.69 Å². The lowest BCUT2D eigenvalue weighted by Crippen LogP contribution is -2.34. The van der Waals surface area contributed by atoms with E-state index in [9.17, 15) is 4.79 Å². The summed E-state index contributed by atoms with van der Waals surface area (Å²) in [5, 5.41) is 9.40. The van der Waals surface area contributed by atoms with E-state index in [-0.39, 0.29) is 36.4 Å². The highest BCUT2D eigenvalue weighted by Crippen LogP contribution is 2.32. The van der Waals surface area contributed by atoms with Crippen molar-refractivity contribution in [3.63, 3.8) is 0 Å². The van der Waals surface area contributed by atoms with E-state index in [1.54, 1.807) is 6.26 Å². The number of guanidine groups is 1. The smallest absolute Gasteiger partial charge is 0.242 e. The molecule has 0 fully saturated rings. The predicted molar refractivity (Wildman–Crippen MR) is 142 cm³/mol. The summed E-state index contributed by atoms with van der Waals surface area (Å²) in [5.41, 5.74) is 1.82. The predicted octanol–water partition coefficient (Wildman–Crippen LogP) is 3.98. The summed E-state index contributed by atoms with van der Waals surface area (Å²) in [7, 11) is 0. The van der Waals surface area contributed by atoms with Crippen LogP contribution in [-0.2, 0) is 17.8 Å². The number of rotatable bonds is 8. The van der Waals surface area contributed by atoms with Gasteiger partial charge in [-0.05, 0) is 29.8 Å². The van der Waals surface area contributed by atoms with Crippen molar-refractivity contribution < 1.29 is 18.7 Å². The van der Waals surface area contributed by atoms with Crippen LogP contribution in [0, 0.1) is 0 Å². The van der Waals surface area contributed by atoms with Crippen LogP contribution < -0.4 is 25.4 Å². The zero-order valence-electron chi connectivity index (χ0n) is 18.8. The van der Waals surface area contributed by atoms with Crippen LogP contribution in [0.25, 0.3) is 0 Å². The van der Waals surface area contributed by atoms with Crippen molar-refractivity contribution in [1.82, 2.24) is 10.6 Å². The Hall–Kier alpha value is -3.21. The van der Waals surface area contributed by atoms with Crippen LogP contribution in [0.1, 0.15) is 17.7 Å². The molecule has 1 aliphatic heterocycles. The van der Waals surface area contributed by atoms with Gasteiger partial charge in [0.25, 0.3) is 0 Å². The molecule has 0 spiro atoms. The third-order valence-electron chi connectivity index (χ3n) is 4.97. The molecule has 4 rings (SSSR count). The van der Waals surface area contributed by atoms with Gasteiger partial charge >= 0.3 is 0 Å². The number of benzene rings is 2. The quantitative estimate of drug-likeness (QED) is 0.213. The maximum Gasteiger partial charge on any atom is 0.242 e. The van der Waals surface area contributed by atoms with E-state index in [4.69, 9.17) is 13.9 Å². The molecule has 0 radical (unpaired) electrons. The minimum absolute atomic E-state index is 0. The number of carbonyl (C=O) groups excluding carboxylic acids is 1. The first-order valence-electron chi connectivity index (χ1n) is 11.0. The van der Waals surface area contributed by atoms with Gasteiger partial charge in [-0.3, -0.25) is 4.79 Å². The van der Waals surface area contributed by atoms with E-state index in [1.165, 1.54) is 0 Å². The lowest BCUT2D eigenvalue weighted by molar-refractivity contribution is -0.119. The Labute approximate surface area is 216 Å². The Morgan fingerprint density at radius 1 is 0.941 bits per heavy atom. The Morgan fingerprint density at radius 3 is 2.56 bits per heavy atom. The molecular formula is C25H29IN4O4. The summed E-state index contributed by atoms with van der Waals surface area (Å²) < 4.78 is 16.9. The number of hydrogen-bond donors (Lipinski definition) is 3. The highest BCUT2D eigenvalue weighted by molar-refractivity contribution is 14.0. The molecule has 0 bridgehead atoms. The largest absolute Gasteiger partial charge is 0.490 e. The summed E-state index contributed by atoms with van der Waals surface area (Å²) >= 11 is 0. The standard InChI is InChI=1S/C25H28N4O4.HI/c30-24(27-17-19-6-2-1-3-7-19)18-28-25(26-12-11-21-8-4-13-31-21)29-20-9-10-22-23(16-20)33-15-5-14-32-22;/h1-4,6-10,13,16H,5,11-12,14-15,17-18H2,(H,27,30)(H2,26,28,29);1H. The lowest BCUT2D eigenvalue weighted by Gasteiger charge is -2.14. The Bertz CT molecular complexity index is 1060. The number of nitrogens with one attached hydrogen (secondary N) is 3. The molecule has 1 aliphatic rings. The first-order chi connectivity index (χ1) is 16.3. The first kappa shape index (κ1) is 25.4. The fourth-order valence-electron chi connectivity index (χ4n) is 3.28. The number of aliphatic imine (C=N–C) groups is 1. The molecule has 2 aromatic carbocycles. The van der Waals surface area contributed by atoms with Gasteiger partial charge < -0.3 is 29.8 Å². The second-order valence-corrected chi connectivity index (χ2v) is 7.52. The van der Waals surface area contributed by atoms with Crippen LogP contribution in [0.3, 0.4) is 0 Å². The van der Waals surface area contributed by atoms with Crippen LogP contribution >= 0.6 is 24.0 Å². The Kier molecular flexibility index (Phi) is 10.1. The SMILES string of the molecule is I.O=C(CN=C(NCCc1ccco1)Nc1ccc2c(c1)OCCCO2)NCc1ccccc1. The second-order valence-electron chi connectivity index (χ2n) is 7.52. The number of furan rings is 1. The van der Waals surface area contributed by atoms with Crippen molar-refractivity contribution in [1.29, 1.82) is 0 Å². The summed E-state index contributed by atoms with van der Waals surface area (Å²) in [6.07, 6.45) is 3.18. The fourth-order valence-corrected chi connectivity index (χ4v) is 3.28. The Morgan fingerprint density at radius 2 is 1.76 bits per heavy atom. The van der Waals surface area contributed by atoms with E-state index in [0.717, 1.165) is 29.2 Å². The first-order valence-corrected chi connectivity index (χ1v) is 11.0. The molecule has 1 amide bonds. The molecule has 180 valence electrons. The fraction of sp³-hybridized carbons (Fsp3) is 0.280. The van der Waals surface area contributed by atoms with Crippen LogP contribution in [0.15, 0.2) is 76.3 Å². The average molecular weight is 576 g/mol. The maximum atomic E-state index is 12.3. The summed E-state index contributed by atoms with van der Waals surface area (Å²) in [6, 6.07) is 19.2.